The molecule has 1 aliphatic heterocycles. The number of rotatable bonds is 17. The van der Waals surface area contributed by atoms with Crippen LogP contribution in [-0.2, 0) is 22.6 Å². The number of carboxylic acid groups (broad SMARTS) is 1. The van der Waals surface area contributed by atoms with Gasteiger partial charge in [-0.1, -0.05) is 66.2 Å². The first kappa shape index (κ1) is 44.2. The van der Waals surface area contributed by atoms with E-state index < -0.39 is 12.1 Å². The van der Waals surface area contributed by atoms with Crippen LogP contribution < -0.4 is 14.2 Å². The quantitative estimate of drug-likeness (QED) is 0.0692. The second-order valence-corrected chi connectivity index (χ2v) is 16.2. The predicted octanol–water partition coefficient (Wildman–Crippen LogP) is 9.32. The Morgan fingerprint density at radius 1 is 0.935 bits per heavy atom. The maximum atomic E-state index is 13.0. The molecule has 322 valence electrons. The summed E-state index contributed by atoms with van der Waals surface area (Å²) in [4.78, 5) is 31.9. The fraction of sp³-hybridized carbons (Fsp3) is 0.312. The van der Waals surface area contributed by atoms with Crippen molar-refractivity contribution in [2.75, 3.05) is 53.5 Å². The van der Waals surface area contributed by atoms with E-state index in [2.05, 4.69) is 21.8 Å². The van der Waals surface area contributed by atoms with E-state index in [0.717, 1.165) is 70.8 Å². The zero-order valence-corrected chi connectivity index (χ0v) is 37.4. The number of aromatic nitrogens is 4. The van der Waals surface area contributed by atoms with Crippen LogP contribution in [0.3, 0.4) is 0 Å². The predicted molar refractivity (Wildman–Crippen MR) is 245 cm³/mol. The molecule has 0 saturated carbocycles. The number of fused-ring (bicyclic) bond motifs is 1. The molecule has 14 heteroatoms. The number of hydrogen-bond acceptors (Lipinski definition) is 12. The lowest BCUT2D eigenvalue weighted by Gasteiger charge is -2.32. The number of aryl methyl sites for hydroxylation is 1. The second-order valence-electron chi connectivity index (χ2n) is 15.0. The van der Waals surface area contributed by atoms with Crippen LogP contribution in [0.2, 0.25) is 5.02 Å². The van der Waals surface area contributed by atoms with Gasteiger partial charge < -0.3 is 29.0 Å². The number of likely N-dealkylation sites (N-methyl/N-ethyl adjacent to an activating group) is 1. The number of aliphatic carboxylic acids is 1. The van der Waals surface area contributed by atoms with Gasteiger partial charge >= 0.3 is 5.97 Å². The largest absolute Gasteiger partial charge is 0.496 e. The molecule has 1 saturated heterocycles. The highest BCUT2D eigenvalue weighted by atomic mass is 35.5. The number of pyridine rings is 1. The summed E-state index contributed by atoms with van der Waals surface area (Å²) in [5.41, 5.74) is 7.04. The van der Waals surface area contributed by atoms with Gasteiger partial charge in [0.15, 0.2) is 5.82 Å². The Bertz CT molecular complexity index is 2610. The molecule has 3 aromatic carbocycles. The monoisotopic (exact) mass is 874 g/mol. The van der Waals surface area contributed by atoms with E-state index in [-0.39, 0.29) is 18.9 Å². The molecule has 0 amide bonds. The van der Waals surface area contributed by atoms with Crippen molar-refractivity contribution < 1.29 is 28.8 Å². The highest BCUT2D eigenvalue weighted by Crippen LogP contribution is 2.46. The molecule has 1 aliphatic rings. The van der Waals surface area contributed by atoms with Crippen molar-refractivity contribution in [3.8, 4) is 39.8 Å². The number of allylic oxidation sites excluding steroid dienone is 3. The molecule has 12 nitrogen and oxygen atoms in total. The highest BCUT2D eigenvalue weighted by molar-refractivity contribution is 7.13. The van der Waals surface area contributed by atoms with Crippen LogP contribution in [0.25, 0.3) is 38.0 Å². The normalized spacial score (nSPS) is 14.5. The first-order valence-corrected chi connectivity index (χ1v) is 21.7. The Balaban J connectivity index is 1.19. The minimum Gasteiger partial charge on any atom is -0.496 e. The average molecular weight is 875 g/mol. The molecular formula is C48H51ClN6O6S. The molecule has 1 fully saturated rings. The molecule has 1 N–H and O–H groups in total. The number of nitrogens with zero attached hydrogens (tertiary/aromatic N) is 6. The SMILES string of the molecule is C/C=C(\C(=C/C)OC)c1nccc(COc2ccccc2C[C@@H](Oc2nsc3cnc(-c4ccccc4C)c(-c4ccc(OCCN5CCN(C)CC5)c(Cl)c4C)c23)C(=O)O)n1. The van der Waals surface area contributed by atoms with Gasteiger partial charge in [-0.15, -0.1) is 0 Å². The summed E-state index contributed by atoms with van der Waals surface area (Å²) in [6.45, 7) is 13.3. The Labute approximate surface area is 371 Å². The van der Waals surface area contributed by atoms with Crippen LogP contribution in [0.1, 0.15) is 42.1 Å². The van der Waals surface area contributed by atoms with Crippen molar-refractivity contribution in [2.45, 2.75) is 46.8 Å². The third-order valence-electron chi connectivity index (χ3n) is 11.0. The summed E-state index contributed by atoms with van der Waals surface area (Å²) in [5, 5.41) is 11.8. The number of hydrogen-bond donors (Lipinski definition) is 1. The highest BCUT2D eigenvalue weighted by Gasteiger charge is 2.28. The number of benzene rings is 3. The zero-order chi connectivity index (χ0) is 43.8. The van der Waals surface area contributed by atoms with Gasteiger partial charge in [-0.25, -0.2) is 14.8 Å². The maximum Gasteiger partial charge on any atom is 0.345 e. The summed E-state index contributed by atoms with van der Waals surface area (Å²) in [6.07, 6.45) is 5.88. The second kappa shape index (κ2) is 20.3. The van der Waals surface area contributed by atoms with Crippen molar-refractivity contribution in [3.63, 3.8) is 0 Å². The third-order valence-corrected chi connectivity index (χ3v) is 12.3. The number of methoxy groups -OCH3 is 1. The van der Waals surface area contributed by atoms with Crippen LogP contribution in [0.4, 0.5) is 0 Å². The van der Waals surface area contributed by atoms with Gasteiger partial charge in [-0.3, -0.25) is 9.88 Å². The number of carbonyl (C=O) groups is 1. The van der Waals surface area contributed by atoms with Gasteiger partial charge in [0.05, 0.1) is 39.2 Å². The minimum atomic E-state index is -1.31. The molecule has 7 rings (SSSR count). The number of carboxylic acids is 1. The third kappa shape index (κ3) is 9.92. The van der Waals surface area contributed by atoms with E-state index in [1.807, 2.05) is 94.4 Å². The van der Waals surface area contributed by atoms with E-state index in [1.165, 1.54) is 11.5 Å². The number of piperazine rings is 1. The van der Waals surface area contributed by atoms with E-state index in [9.17, 15) is 9.90 Å². The van der Waals surface area contributed by atoms with Crippen molar-refractivity contribution in [1.82, 2.24) is 29.1 Å². The summed E-state index contributed by atoms with van der Waals surface area (Å²) >= 11 is 8.31. The topological polar surface area (TPSA) is 132 Å². The van der Waals surface area contributed by atoms with Gasteiger partial charge in [0, 0.05) is 62.7 Å². The van der Waals surface area contributed by atoms with Gasteiger partial charge in [-0.05, 0) is 92.8 Å². The van der Waals surface area contributed by atoms with Crippen molar-refractivity contribution in [1.29, 1.82) is 0 Å². The molecule has 4 heterocycles. The Kier molecular flexibility index (Phi) is 14.5. The molecule has 0 radical (unpaired) electrons. The van der Waals surface area contributed by atoms with Crippen LogP contribution in [-0.4, -0.2) is 99.8 Å². The Morgan fingerprint density at radius 2 is 1.71 bits per heavy atom. The van der Waals surface area contributed by atoms with Gasteiger partial charge in [0.1, 0.15) is 30.5 Å². The lowest BCUT2D eigenvalue weighted by Crippen LogP contribution is -2.45. The first-order valence-electron chi connectivity index (χ1n) is 20.6. The summed E-state index contributed by atoms with van der Waals surface area (Å²) in [6, 6.07) is 21.0. The van der Waals surface area contributed by atoms with Gasteiger partial charge in [-0.2, -0.15) is 4.37 Å². The fourth-order valence-corrected chi connectivity index (χ4v) is 8.46. The first-order chi connectivity index (χ1) is 30.1. The molecule has 0 spiro atoms. The van der Waals surface area contributed by atoms with Crippen LogP contribution in [0.5, 0.6) is 17.4 Å². The van der Waals surface area contributed by atoms with Crippen LogP contribution in [0, 0.1) is 13.8 Å². The lowest BCUT2D eigenvalue weighted by atomic mass is 9.92. The lowest BCUT2D eigenvalue weighted by molar-refractivity contribution is -0.145. The number of halogens is 1. The Hall–Kier alpha value is -5.86. The van der Waals surface area contributed by atoms with Gasteiger partial charge in [0.2, 0.25) is 12.0 Å². The van der Waals surface area contributed by atoms with Crippen molar-refractivity contribution in [2.24, 2.45) is 0 Å². The van der Waals surface area contributed by atoms with E-state index in [1.54, 1.807) is 31.6 Å². The molecule has 6 aromatic rings. The van der Waals surface area contributed by atoms with Crippen molar-refractivity contribution in [3.05, 3.63) is 130 Å². The minimum absolute atomic E-state index is 0.00312. The summed E-state index contributed by atoms with van der Waals surface area (Å²) < 4.78 is 30.0. The Morgan fingerprint density at radius 3 is 2.45 bits per heavy atom. The molecule has 0 bridgehead atoms. The van der Waals surface area contributed by atoms with E-state index in [4.69, 9.17) is 44.9 Å². The number of ether oxygens (including phenoxy) is 4. The zero-order valence-electron chi connectivity index (χ0n) is 35.9. The average Bonchev–Trinajstić information content (AvgIpc) is 3.69. The number of para-hydroxylation sites is 1. The summed E-state index contributed by atoms with van der Waals surface area (Å²) in [7, 11) is 3.75. The fourth-order valence-electron chi connectivity index (χ4n) is 7.55. The molecule has 3 aromatic heterocycles. The van der Waals surface area contributed by atoms with Crippen LogP contribution in [0.15, 0.2) is 97.0 Å². The van der Waals surface area contributed by atoms with Crippen LogP contribution >= 0.6 is 23.1 Å². The molecule has 0 unspecified atom stereocenters. The molecular weight excluding hydrogens is 824 g/mol. The smallest absolute Gasteiger partial charge is 0.345 e. The molecule has 1 atom stereocenters. The molecule has 0 aliphatic carbocycles. The standard InChI is InChI=1S/C48H51ClN6O6S/c1-7-34(37(8-2)58-6)46-50-20-19-33(52-46)29-60-38-16-12-10-14-32(38)27-40(48(56)57)61-47-43-41(62-53-47)28-51-45(35-15-11-9-13-30(35)3)42(43)36-17-18-39(44(49)31(36)4)59-26-25-55-23-21-54(5)22-24-55/h7-20,28,40H,21-27,29H2,1-6H3,(H,56,57)/b34-7+,37-8+/t40-/m1/s1. The maximum absolute atomic E-state index is 13.0. The van der Waals surface area contributed by atoms with E-state index >= 15 is 0 Å². The van der Waals surface area contributed by atoms with Crippen molar-refractivity contribution >= 4 is 44.8 Å². The van der Waals surface area contributed by atoms with Gasteiger partial charge in [0.25, 0.3) is 0 Å². The molecule has 62 heavy (non-hydrogen) atoms. The summed E-state index contributed by atoms with van der Waals surface area (Å²) in [5.74, 6) is 1.31. The van der Waals surface area contributed by atoms with E-state index in [0.29, 0.717) is 57.0 Å².